The maximum Gasteiger partial charge on any atom is 0.408 e. The number of amides is 1. The first kappa shape index (κ1) is 18.4. The molecule has 0 aliphatic carbocycles. The van der Waals surface area contributed by atoms with Crippen LogP contribution in [0.1, 0.15) is 26.3 Å². The molecule has 1 aromatic heterocycles. The zero-order valence-electron chi connectivity index (χ0n) is 13.4. The van der Waals surface area contributed by atoms with Gasteiger partial charge in [0.25, 0.3) is 0 Å². The van der Waals surface area contributed by atoms with E-state index in [0.717, 1.165) is 6.42 Å². The zero-order valence-corrected chi connectivity index (χ0v) is 14.2. The molecule has 1 aromatic rings. The molecule has 0 saturated carbocycles. The third kappa shape index (κ3) is 7.42. The zero-order chi connectivity index (χ0) is 16.6. The molecule has 0 aliphatic heterocycles. The van der Waals surface area contributed by atoms with Crippen LogP contribution in [0.25, 0.3) is 0 Å². The second-order valence-corrected chi connectivity index (χ2v) is 6.46. The number of hydrogen-bond acceptors (Lipinski definition) is 6. The molecule has 22 heavy (non-hydrogen) atoms. The fourth-order valence-corrected chi connectivity index (χ4v) is 2.29. The van der Waals surface area contributed by atoms with Crippen molar-refractivity contribution < 1.29 is 23.8 Å². The first-order valence-corrected chi connectivity index (χ1v) is 7.92. The number of methoxy groups -OCH3 is 1. The van der Waals surface area contributed by atoms with Gasteiger partial charge in [-0.3, -0.25) is 0 Å². The van der Waals surface area contributed by atoms with Crippen molar-refractivity contribution in [1.29, 1.82) is 0 Å². The summed E-state index contributed by atoms with van der Waals surface area (Å²) in [4.78, 5) is 23.4. The molecule has 6 nitrogen and oxygen atoms in total. The summed E-state index contributed by atoms with van der Waals surface area (Å²) in [5.74, 6) is -0.568. The Labute approximate surface area is 134 Å². The number of carbonyl (C=O) groups excluding carboxylic acids is 2. The fraction of sp³-hybridized carbons (Fsp3) is 0.600. The van der Waals surface area contributed by atoms with Crippen molar-refractivity contribution in [1.82, 2.24) is 5.32 Å². The van der Waals surface area contributed by atoms with E-state index in [-0.39, 0.29) is 6.61 Å². The molecule has 1 rings (SSSR count). The molecule has 0 spiro atoms. The highest BCUT2D eigenvalue weighted by atomic mass is 32.1. The van der Waals surface area contributed by atoms with Gasteiger partial charge in [-0.25, -0.2) is 9.59 Å². The first-order valence-electron chi connectivity index (χ1n) is 6.98. The van der Waals surface area contributed by atoms with Gasteiger partial charge in [-0.2, -0.15) is 11.3 Å². The minimum absolute atomic E-state index is 0.0378. The second-order valence-electron chi connectivity index (χ2n) is 5.68. The summed E-state index contributed by atoms with van der Waals surface area (Å²) in [5, 5.41) is 6.50. The number of hydrogen-bond donors (Lipinski definition) is 1. The van der Waals surface area contributed by atoms with Crippen LogP contribution in [0, 0.1) is 0 Å². The van der Waals surface area contributed by atoms with Gasteiger partial charge in [0.2, 0.25) is 0 Å². The van der Waals surface area contributed by atoms with Crippen LogP contribution in [0.4, 0.5) is 4.79 Å². The molecule has 0 aromatic carbocycles. The Bertz CT molecular complexity index is 467. The van der Waals surface area contributed by atoms with Crippen molar-refractivity contribution in [3.05, 3.63) is 22.4 Å². The van der Waals surface area contributed by atoms with Crippen molar-refractivity contribution in [3.8, 4) is 0 Å². The molecular weight excluding hydrogens is 306 g/mol. The van der Waals surface area contributed by atoms with E-state index in [9.17, 15) is 9.59 Å². The van der Waals surface area contributed by atoms with Crippen molar-refractivity contribution in [3.63, 3.8) is 0 Å². The van der Waals surface area contributed by atoms with E-state index in [1.165, 1.54) is 12.7 Å². The van der Waals surface area contributed by atoms with Crippen molar-refractivity contribution in [2.45, 2.75) is 38.8 Å². The normalized spacial score (nSPS) is 12.5. The van der Waals surface area contributed by atoms with Crippen LogP contribution in [0.3, 0.4) is 0 Å². The fourth-order valence-electron chi connectivity index (χ4n) is 1.59. The van der Waals surface area contributed by atoms with E-state index in [2.05, 4.69) is 10.1 Å². The quantitative estimate of drug-likeness (QED) is 0.614. The summed E-state index contributed by atoms with van der Waals surface area (Å²) in [6.45, 7) is 5.74. The highest BCUT2D eigenvalue weighted by molar-refractivity contribution is 7.07. The highest BCUT2D eigenvalue weighted by Crippen LogP contribution is 2.08. The highest BCUT2D eigenvalue weighted by Gasteiger charge is 2.25. The maximum absolute atomic E-state index is 11.7. The lowest BCUT2D eigenvalue weighted by atomic mass is 10.2. The molecule has 0 aliphatic rings. The van der Waals surface area contributed by atoms with Gasteiger partial charge >= 0.3 is 12.1 Å². The van der Waals surface area contributed by atoms with E-state index in [0.29, 0.717) is 6.61 Å². The van der Waals surface area contributed by atoms with Crippen molar-refractivity contribution in [2.24, 2.45) is 0 Å². The van der Waals surface area contributed by atoms with Crippen LogP contribution in [0.5, 0.6) is 0 Å². The molecule has 1 amide bonds. The number of thiophene rings is 1. The van der Waals surface area contributed by atoms with E-state index >= 15 is 0 Å². The molecule has 1 N–H and O–H groups in total. The largest absolute Gasteiger partial charge is 0.467 e. The predicted octanol–water partition coefficient (Wildman–Crippen LogP) is 2.37. The van der Waals surface area contributed by atoms with Crippen molar-refractivity contribution >= 4 is 23.4 Å². The van der Waals surface area contributed by atoms with E-state index in [1.54, 1.807) is 32.1 Å². The van der Waals surface area contributed by atoms with Gasteiger partial charge < -0.3 is 19.5 Å². The van der Waals surface area contributed by atoms with Crippen LogP contribution >= 0.6 is 11.3 Å². The third-order valence-electron chi connectivity index (χ3n) is 2.58. The molecule has 0 radical (unpaired) electrons. The second kappa shape index (κ2) is 8.75. The Kier molecular flexibility index (Phi) is 7.34. The Hall–Kier alpha value is -1.60. The van der Waals surface area contributed by atoms with Crippen molar-refractivity contribution in [2.75, 3.05) is 20.3 Å². The van der Waals surface area contributed by atoms with E-state index in [4.69, 9.17) is 9.47 Å². The monoisotopic (exact) mass is 329 g/mol. The number of carbonyl (C=O) groups is 2. The molecule has 0 fully saturated rings. The topological polar surface area (TPSA) is 73.9 Å². The minimum Gasteiger partial charge on any atom is -0.467 e. The summed E-state index contributed by atoms with van der Waals surface area (Å²) < 4.78 is 15.2. The standard InChI is InChI=1S/C15H23NO5S/c1-15(2,3)21-14(18)16-12(13(17)19-4)9-20-7-5-11-6-8-22-10-11/h6,8,10,12H,5,7,9H2,1-4H3,(H,16,18)/t12-/m0/s1. The van der Waals surface area contributed by atoms with Gasteiger partial charge in [0.1, 0.15) is 5.60 Å². The lowest BCUT2D eigenvalue weighted by Crippen LogP contribution is -2.46. The van der Waals surface area contributed by atoms with Gasteiger partial charge in [-0.15, -0.1) is 0 Å². The van der Waals surface area contributed by atoms with Gasteiger partial charge in [0.15, 0.2) is 6.04 Å². The Morgan fingerprint density at radius 2 is 2.09 bits per heavy atom. The third-order valence-corrected chi connectivity index (χ3v) is 3.31. The van der Waals surface area contributed by atoms with Crippen LogP contribution < -0.4 is 5.32 Å². The number of nitrogens with one attached hydrogen (secondary N) is 1. The van der Waals surface area contributed by atoms with E-state index < -0.39 is 23.7 Å². The number of ether oxygens (including phenoxy) is 3. The Morgan fingerprint density at radius 3 is 2.64 bits per heavy atom. The number of esters is 1. The lowest BCUT2D eigenvalue weighted by molar-refractivity contribution is -0.144. The SMILES string of the molecule is COC(=O)[C@H](COCCc1ccsc1)NC(=O)OC(C)(C)C. The lowest BCUT2D eigenvalue weighted by Gasteiger charge is -2.22. The molecular formula is C15H23NO5S. The summed E-state index contributed by atoms with van der Waals surface area (Å²) in [6, 6.07) is 1.13. The van der Waals surface area contributed by atoms with Gasteiger partial charge in [0.05, 0.1) is 20.3 Å². The molecule has 0 saturated heterocycles. The van der Waals surface area contributed by atoms with Gasteiger partial charge in [0, 0.05) is 0 Å². The molecule has 0 unspecified atom stereocenters. The summed E-state index contributed by atoms with van der Waals surface area (Å²) in [7, 11) is 1.26. The summed E-state index contributed by atoms with van der Waals surface area (Å²) in [6.07, 6.45) is 0.0773. The van der Waals surface area contributed by atoms with Crippen LogP contribution in [-0.4, -0.2) is 44.0 Å². The smallest absolute Gasteiger partial charge is 0.408 e. The molecule has 7 heteroatoms. The molecule has 1 heterocycles. The summed E-state index contributed by atoms with van der Waals surface area (Å²) in [5.41, 5.74) is 0.546. The maximum atomic E-state index is 11.7. The average molecular weight is 329 g/mol. The first-order chi connectivity index (χ1) is 10.3. The van der Waals surface area contributed by atoms with Crippen LogP contribution in [0.2, 0.25) is 0 Å². The minimum atomic E-state index is -0.887. The molecule has 1 atom stereocenters. The molecule has 0 bridgehead atoms. The van der Waals surface area contributed by atoms with Crippen LogP contribution in [0.15, 0.2) is 16.8 Å². The average Bonchev–Trinajstić information content (AvgIpc) is 2.92. The summed E-state index contributed by atoms with van der Waals surface area (Å²) >= 11 is 1.62. The van der Waals surface area contributed by atoms with Gasteiger partial charge in [-0.05, 0) is 49.6 Å². The van der Waals surface area contributed by atoms with E-state index in [1.807, 2.05) is 16.8 Å². The number of alkyl carbamates (subject to hydrolysis) is 1. The number of rotatable bonds is 7. The predicted molar refractivity (Wildman–Crippen MR) is 84.0 cm³/mol. The Balaban J connectivity index is 2.40. The Morgan fingerprint density at radius 1 is 1.36 bits per heavy atom. The molecule has 124 valence electrons. The van der Waals surface area contributed by atoms with Crippen LogP contribution in [-0.2, 0) is 25.4 Å². The van der Waals surface area contributed by atoms with Gasteiger partial charge in [-0.1, -0.05) is 0 Å².